The Bertz CT molecular complexity index is 953. The van der Waals surface area contributed by atoms with Crippen molar-refractivity contribution in [1.82, 2.24) is 0 Å². The Morgan fingerprint density at radius 1 is 1.15 bits per heavy atom. The van der Waals surface area contributed by atoms with Gasteiger partial charge in [-0.2, -0.15) is 5.26 Å². The Morgan fingerprint density at radius 2 is 1.85 bits per heavy atom. The van der Waals surface area contributed by atoms with E-state index in [1.807, 2.05) is 6.92 Å². The summed E-state index contributed by atoms with van der Waals surface area (Å²) in [6, 6.07) is 15.2. The van der Waals surface area contributed by atoms with Crippen molar-refractivity contribution in [3.63, 3.8) is 0 Å². The van der Waals surface area contributed by atoms with E-state index in [1.165, 1.54) is 24.3 Å². The maximum Gasteiger partial charge on any atom is 0.183 e. The van der Waals surface area contributed by atoms with Crippen LogP contribution in [-0.2, 0) is 14.6 Å². The van der Waals surface area contributed by atoms with E-state index >= 15 is 0 Å². The lowest BCUT2D eigenvalue weighted by Gasteiger charge is -2.10. The molecule has 0 N–H and O–H groups in total. The number of sulfone groups is 1. The topological polar surface area (TPSA) is 67.2 Å². The van der Waals surface area contributed by atoms with Crippen molar-refractivity contribution in [2.45, 2.75) is 23.0 Å². The first-order chi connectivity index (χ1) is 12.4. The Hall–Kier alpha value is -1.58. The predicted octanol–water partition coefficient (Wildman–Crippen LogP) is 4.48. The molecule has 3 atom stereocenters. The third-order valence-corrected chi connectivity index (χ3v) is 7.47. The summed E-state index contributed by atoms with van der Waals surface area (Å²) in [6.07, 6.45) is 0. The Labute approximate surface area is 163 Å². The van der Waals surface area contributed by atoms with Crippen molar-refractivity contribution in [3.05, 3.63) is 64.1 Å². The summed E-state index contributed by atoms with van der Waals surface area (Å²) >= 11 is 11.9. The van der Waals surface area contributed by atoms with Crippen LogP contribution in [0.25, 0.3) is 0 Å². The summed E-state index contributed by atoms with van der Waals surface area (Å²) in [4.78, 5) is 0.146. The van der Waals surface area contributed by atoms with Crippen molar-refractivity contribution >= 4 is 33.0 Å². The lowest BCUT2D eigenvalue weighted by Crippen LogP contribution is -2.19. The summed E-state index contributed by atoms with van der Waals surface area (Å²) in [5.74, 6) is -0.501. The van der Waals surface area contributed by atoms with E-state index < -0.39 is 26.4 Å². The van der Waals surface area contributed by atoms with Gasteiger partial charge in [-0.25, -0.2) is 8.42 Å². The van der Waals surface area contributed by atoms with Gasteiger partial charge in [-0.1, -0.05) is 35.3 Å². The van der Waals surface area contributed by atoms with Crippen LogP contribution in [0.2, 0.25) is 10.0 Å². The number of halogens is 2. The van der Waals surface area contributed by atoms with E-state index in [4.69, 9.17) is 27.9 Å². The van der Waals surface area contributed by atoms with Crippen LogP contribution in [-0.4, -0.2) is 26.9 Å². The van der Waals surface area contributed by atoms with Gasteiger partial charge in [0.05, 0.1) is 22.8 Å². The van der Waals surface area contributed by atoms with Gasteiger partial charge in [0.2, 0.25) is 0 Å². The molecule has 3 rings (SSSR count). The van der Waals surface area contributed by atoms with E-state index in [-0.39, 0.29) is 11.5 Å². The van der Waals surface area contributed by atoms with Crippen LogP contribution in [0.4, 0.5) is 0 Å². The summed E-state index contributed by atoms with van der Waals surface area (Å²) in [7, 11) is -3.75. The molecule has 1 aliphatic rings. The Balaban J connectivity index is 2.07. The average Bonchev–Trinajstić information content (AvgIpc) is 3.31. The number of hydrogen-bond acceptors (Lipinski definition) is 4. The number of nitrogens with zero attached hydrogens (tertiary/aromatic N) is 1. The Morgan fingerprint density at radius 3 is 2.42 bits per heavy atom. The monoisotopic (exact) mass is 409 g/mol. The molecule has 2 aromatic carbocycles. The fraction of sp³-hybridized carbons (Fsp3) is 0.316. The van der Waals surface area contributed by atoms with Crippen LogP contribution in [0.3, 0.4) is 0 Å². The highest BCUT2D eigenvalue weighted by atomic mass is 35.5. The standard InChI is InChI=1S/C19H17Cl2NO3S/c1-2-25-12-19(11-22)17(13-4-3-5-15(21)10-13)18(19)26(23,24)16-8-6-14(20)7-9-16/h3-10,17-18H,2,12H2,1H3/t17-,18-,19-/m0/s1. The maximum absolute atomic E-state index is 13.2. The molecule has 1 fully saturated rings. The quantitative estimate of drug-likeness (QED) is 0.704. The van der Waals surface area contributed by atoms with Gasteiger partial charge < -0.3 is 4.74 Å². The smallest absolute Gasteiger partial charge is 0.183 e. The van der Waals surface area contributed by atoms with Crippen LogP contribution in [0.1, 0.15) is 18.4 Å². The third-order valence-electron chi connectivity index (χ3n) is 4.69. The minimum absolute atomic E-state index is 0.0503. The summed E-state index contributed by atoms with van der Waals surface area (Å²) < 4.78 is 31.9. The summed E-state index contributed by atoms with van der Waals surface area (Å²) in [5.41, 5.74) is -0.416. The molecular formula is C19H17Cl2NO3S. The molecule has 0 aliphatic heterocycles. The molecule has 0 spiro atoms. The molecule has 4 nitrogen and oxygen atoms in total. The van der Waals surface area contributed by atoms with E-state index in [0.29, 0.717) is 16.7 Å². The van der Waals surface area contributed by atoms with Crippen LogP contribution < -0.4 is 0 Å². The molecule has 1 aliphatic carbocycles. The van der Waals surface area contributed by atoms with Gasteiger partial charge in [-0.3, -0.25) is 0 Å². The highest BCUT2D eigenvalue weighted by Gasteiger charge is 2.72. The number of ether oxygens (including phenoxy) is 1. The van der Waals surface area contributed by atoms with Crippen LogP contribution in [0.5, 0.6) is 0 Å². The number of rotatable bonds is 6. The highest BCUT2D eigenvalue weighted by Crippen LogP contribution is 2.64. The van der Waals surface area contributed by atoms with Crippen LogP contribution >= 0.6 is 23.2 Å². The molecule has 0 saturated heterocycles. The zero-order chi connectivity index (χ0) is 18.9. The van der Waals surface area contributed by atoms with Gasteiger partial charge in [0, 0.05) is 22.6 Å². The second kappa shape index (κ2) is 7.21. The lowest BCUT2D eigenvalue weighted by molar-refractivity contribution is 0.117. The van der Waals surface area contributed by atoms with Crippen molar-refractivity contribution in [1.29, 1.82) is 5.26 Å². The first-order valence-electron chi connectivity index (χ1n) is 8.10. The largest absolute Gasteiger partial charge is 0.380 e. The molecule has 0 radical (unpaired) electrons. The van der Waals surface area contributed by atoms with Crippen molar-refractivity contribution in [3.8, 4) is 6.07 Å². The lowest BCUT2D eigenvalue weighted by atomic mass is 10.0. The van der Waals surface area contributed by atoms with Crippen LogP contribution in [0.15, 0.2) is 53.4 Å². The second-order valence-electron chi connectivity index (χ2n) is 6.24. The number of hydrogen-bond donors (Lipinski definition) is 0. The van der Waals surface area contributed by atoms with Crippen LogP contribution in [0, 0.1) is 16.7 Å². The van der Waals surface area contributed by atoms with E-state index in [9.17, 15) is 13.7 Å². The number of nitriles is 1. The molecule has 0 amide bonds. The van der Waals surface area contributed by atoms with E-state index in [0.717, 1.165) is 5.56 Å². The van der Waals surface area contributed by atoms with Crippen molar-refractivity contribution in [2.24, 2.45) is 5.41 Å². The third kappa shape index (κ3) is 3.23. The molecular weight excluding hydrogens is 393 g/mol. The van der Waals surface area contributed by atoms with Gasteiger partial charge in [-0.05, 0) is 48.9 Å². The normalized spacial score (nSPS) is 24.8. The fourth-order valence-electron chi connectivity index (χ4n) is 3.41. The maximum atomic E-state index is 13.2. The molecule has 2 aromatic rings. The molecule has 136 valence electrons. The molecule has 0 unspecified atom stereocenters. The summed E-state index contributed by atoms with van der Waals surface area (Å²) in [5, 5.41) is 9.91. The van der Waals surface area contributed by atoms with E-state index in [2.05, 4.69) is 6.07 Å². The van der Waals surface area contributed by atoms with Gasteiger partial charge in [0.25, 0.3) is 0 Å². The fourth-order valence-corrected chi connectivity index (χ4v) is 6.05. The molecule has 7 heteroatoms. The highest BCUT2D eigenvalue weighted by molar-refractivity contribution is 7.92. The first kappa shape index (κ1) is 19.2. The van der Waals surface area contributed by atoms with Gasteiger partial charge >= 0.3 is 0 Å². The minimum atomic E-state index is -3.75. The zero-order valence-corrected chi connectivity index (χ0v) is 16.4. The average molecular weight is 410 g/mol. The molecule has 0 bridgehead atoms. The van der Waals surface area contributed by atoms with Gasteiger partial charge in [0.1, 0.15) is 5.41 Å². The van der Waals surface area contributed by atoms with Gasteiger partial charge in [0.15, 0.2) is 9.84 Å². The molecule has 26 heavy (non-hydrogen) atoms. The predicted molar refractivity (Wildman–Crippen MR) is 101 cm³/mol. The van der Waals surface area contributed by atoms with Crippen molar-refractivity contribution < 1.29 is 13.2 Å². The van der Waals surface area contributed by atoms with E-state index in [1.54, 1.807) is 24.3 Å². The number of benzene rings is 2. The van der Waals surface area contributed by atoms with Gasteiger partial charge in [-0.15, -0.1) is 0 Å². The molecule has 0 heterocycles. The molecule has 1 saturated carbocycles. The molecule has 0 aromatic heterocycles. The van der Waals surface area contributed by atoms with Crippen molar-refractivity contribution in [2.75, 3.05) is 13.2 Å². The zero-order valence-electron chi connectivity index (χ0n) is 14.0. The Kier molecular flexibility index (Phi) is 5.32. The first-order valence-corrected chi connectivity index (χ1v) is 10.4. The SMILES string of the molecule is CCOC[C@@]1(C#N)[C@@H](c2cccc(Cl)c2)[C@@H]1S(=O)(=O)c1ccc(Cl)cc1. The minimum Gasteiger partial charge on any atom is -0.380 e. The second-order valence-corrected chi connectivity index (χ2v) is 9.18. The summed E-state index contributed by atoms with van der Waals surface area (Å²) in [6.45, 7) is 2.26.